The number of Topliss-reactive ketones (excluding diaryl/α,β-unsaturated/α-hetero) is 2. The third-order valence-electron chi connectivity index (χ3n) is 9.97. The van der Waals surface area contributed by atoms with Crippen LogP contribution in [0.5, 0.6) is 11.5 Å². The number of aliphatic hydroxyl groups is 1. The summed E-state index contributed by atoms with van der Waals surface area (Å²) < 4.78 is 28.6. The highest BCUT2D eigenvalue weighted by Gasteiger charge is 2.51. The van der Waals surface area contributed by atoms with Crippen molar-refractivity contribution < 1.29 is 62.7 Å². The molecule has 14 heteroatoms. The number of phenolic OH excluding ortho intramolecular Hbond substituents is 1. The Balaban J connectivity index is 1.85. The van der Waals surface area contributed by atoms with Crippen molar-refractivity contribution in [3.05, 3.63) is 70.2 Å². The number of ketones is 3. The van der Waals surface area contributed by atoms with Gasteiger partial charge in [-0.1, -0.05) is 45.9 Å². The van der Waals surface area contributed by atoms with Gasteiger partial charge in [-0.2, -0.15) is 0 Å². The van der Waals surface area contributed by atoms with Crippen molar-refractivity contribution in [2.45, 2.75) is 85.6 Å². The third kappa shape index (κ3) is 7.44. The van der Waals surface area contributed by atoms with Crippen molar-refractivity contribution >= 4 is 35.7 Å². The molecule has 0 saturated heterocycles. The molecule has 3 N–H and O–H groups in total. The molecular weight excluding hydrogens is 678 g/mol. The molecule has 52 heavy (non-hydrogen) atoms. The highest BCUT2D eigenvalue weighted by atomic mass is 16.7. The molecule has 0 unspecified atom stereocenters. The Hall–Kier alpha value is -5.08. The summed E-state index contributed by atoms with van der Waals surface area (Å²) in [5.74, 6) is -9.14. The number of aromatic hydroxyl groups is 1. The van der Waals surface area contributed by atoms with Gasteiger partial charge in [0.2, 0.25) is 5.78 Å². The van der Waals surface area contributed by atoms with Gasteiger partial charge in [-0.05, 0) is 19.9 Å². The number of ether oxygens (including phenoxy) is 5. The third-order valence-corrected chi connectivity index (χ3v) is 9.97. The molecule has 1 aromatic carbocycles. The van der Waals surface area contributed by atoms with E-state index in [4.69, 9.17) is 23.7 Å². The van der Waals surface area contributed by atoms with E-state index in [0.29, 0.717) is 0 Å². The highest BCUT2D eigenvalue weighted by molar-refractivity contribution is 6.30. The molecular formula is C38H45NO13. The second-order valence-corrected chi connectivity index (χ2v) is 13.6. The number of rotatable bonds is 4. The molecule has 0 saturated carbocycles. The predicted molar refractivity (Wildman–Crippen MR) is 184 cm³/mol. The lowest BCUT2D eigenvalue weighted by Gasteiger charge is -2.38. The molecule has 0 aromatic heterocycles. The standard InChI is InChI=1S/C38H45NO13/c1-17-11-10-12-18(2)37(47)39-24-15-25(42)27-28(32(24)45)31(44)22(6)35-29(27)36(46)38(8,52-35)50-14-13-26(48-9)19(3)34(51-23(7)41)21(5)30(43)20(4)33(17)49-16-40/h10-17,19-21,26,30,33-34,43-44H,1-9H3,(H,39,47)/t17-,19-,20+,21-,26+,30-,33-,34-,38-/m0/s1. The number of carbonyl (C=O) groups excluding carboxylic acids is 6. The van der Waals surface area contributed by atoms with Crippen LogP contribution in [0, 0.1) is 30.6 Å². The molecule has 280 valence electrons. The zero-order valence-electron chi connectivity index (χ0n) is 30.5. The van der Waals surface area contributed by atoms with Gasteiger partial charge in [0.05, 0.1) is 40.9 Å². The van der Waals surface area contributed by atoms with E-state index in [-0.39, 0.29) is 34.5 Å². The van der Waals surface area contributed by atoms with Crippen LogP contribution in [0.2, 0.25) is 0 Å². The first-order chi connectivity index (χ1) is 24.4. The lowest BCUT2D eigenvalue weighted by Crippen LogP contribution is -2.47. The van der Waals surface area contributed by atoms with E-state index < -0.39 is 100 Å². The molecule has 4 aliphatic rings. The zero-order valence-corrected chi connectivity index (χ0v) is 30.5. The van der Waals surface area contributed by atoms with E-state index in [9.17, 15) is 39.0 Å². The van der Waals surface area contributed by atoms with E-state index in [1.807, 2.05) is 0 Å². The number of amides is 1. The van der Waals surface area contributed by atoms with Crippen molar-refractivity contribution in [3.8, 4) is 11.5 Å². The Labute approximate surface area is 301 Å². The number of hydrogen-bond acceptors (Lipinski definition) is 13. The van der Waals surface area contributed by atoms with E-state index in [1.54, 1.807) is 39.8 Å². The monoisotopic (exact) mass is 723 g/mol. The maximum absolute atomic E-state index is 13.9. The largest absolute Gasteiger partial charge is 0.507 e. The fourth-order valence-electron chi connectivity index (χ4n) is 6.92. The lowest BCUT2D eigenvalue weighted by molar-refractivity contribution is -0.162. The Kier molecular flexibility index (Phi) is 12.0. The Morgan fingerprint density at radius 1 is 0.981 bits per heavy atom. The fourth-order valence-corrected chi connectivity index (χ4v) is 6.92. The number of benzene rings is 1. The van der Waals surface area contributed by atoms with E-state index in [1.165, 1.54) is 47.0 Å². The quantitative estimate of drug-likeness (QED) is 0.299. The molecule has 1 aliphatic carbocycles. The van der Waals surface area contributed by atoms with E-state index in [0.717, 1.165) is 12.3 Å². The number of carbonyl (C=O) groups is 6. The number of fused-ring (bicyclic) bond motifs is 14. The van der Waals surface area contributed by atoms with Crippen LogP contribution >= 0.6 is 0 Å². The van der Waals surface area contributed by atoms with Crippen molar-refractivity contribution in [2.24, 2.45) is 23.7 Å². The number of aliphatic hydroxyl groups excluding tert-OH is 1. The minimum absolute atomic E-state index is 0.000707. The average Bonchev–Trinajstić information content (AvgIpc) is 3.36. The zero-order chi connectivity index (χ0) is 38.8. The molecule has 1 amide bonds. The summed E-state index contributed by atoms with van der Waals surface area (Å²) in [5.41, 5.74) is -1.39. The van der Waals surface area contributed by atoms with Gasteiger partial charge in [0.15, 0.2) is 5.78 Å². The van der Waals surface area contributed by atoms with Crippen molar-refractivity contribution in [1.82, 2.24) is 5.32 Å². The van der Waals surface area contributed by atoms with Gasteiger partial charge in [0.25, 0.3) is 18.2 Å². The topological polar surface area (TPSA) is 201 Å². The Bertz CT molecular complexity index is 1790. The molecule has 3 heterocycles. The smallest absolute Gasteiger partial charge is 0.312 e. The van der Waals surface area contributed by atoms with Gasteiger partial charge >= 0.3 is 11.8 Å². The second-order valence-electron chi connectivity index (χ2n) is 13.6. The minimum atomic E-state index is -2.05. The van der Waals surface area contributed by atoms with Crippen LogP contribution in [0.15, 0.2) is 47.9 Å². The van der Waals surface area contributed by atoms with Crippen LogP contribution in [0.1, 0.15) is 85.1 Å². The summed E-state index contributed by atoms with van der Waals surface area (Å²) in [6.07, 6.45) is 4.40. The molecule has 5 bridgehead atoms. The average molecular weight is 724 g/mol. The SMILES string of the molecule is CO[C@@H]1C=CO[C@@]2(C)Oc3c(C)c(O)c4c(c3C2=O)C(=O)C=C(NC(=O)C(C)=CC=C[C@H](C)[C@H](OC=O)[C@H](C)[C@H](O)[C@H](C)[C@@H](OC(C)=O)[C@H]1C)C4=O. The summed E-state index contributed by atoms with van der Waals surface area (Å²) in [4.78, 5) is 78.1. The van der Waals surface area contributed by atoms with Crippen LogP contribution in [0.25, 0.3) is 0 Å². The van der Waals surface area contributed by atoms with Crippen LogP contribution in [-0.4, -0.2) is 83.2 Å². The maximum Gasteiger partial charge on any atom is 0.312 e. The summed E-state index contributed by atoms with van der Waals surface area (Å²) in [6, 6.07) is 0. The van der Waals surface area contributed by atoms with E-state index in [2.05, 4.69) is 5.32 Å². The lowest BCUT2D eigenvalue weighted by atomic mass is 9.78. The molecule has 0 fully saturated rings. The van der Waals surface area contributed by atoms with Crippen molar-refractivity contribution in [3.63, 3.8) is 0 Å². The Morgan fingerprint density at radius 3 is 2.25 bits per heavy atom. The van der Waals surface area contributed by atoms with Gasteiger partial charge in [0.1, 0.15) is 23.7 Å². The first-order valence-corrected chi connectivity index (χ1v) is 16.8. The number of esters is 1. The van der Waals surface area contributed by atoms with E-state index >= 15 is 0 Å². The number of methoxy groups -OCH3 is 1. The summed E-state index contributed by atoms with van der Waals surface area (Å²) >= 11 is 0. The molecule has 3 aliphatic heterocycles. The number of allylic oxidation sites excluding steroid dienone is 4. The Morgan fingerprint density at radius 2 is 1.63 bits per heavy atom. The van der Waals surface area contributed by atoms with Gasteiger partial charge in [-0.3, -0.25) is 28.8 Å². The molecule has 9 atom stereocenters. The van der Waals surface area contributed by atoms with Gasteiger partial charge in [-0.15, -0.1) is 0 Å². The van der Waals surface area contributed by atoms with Crippen LogP contribution in [-0.2, 0) is 33.3 Å². The van der Waals surface area contributed by atoms with Crippen molar-refractivity contribution in [1.29, 1.82) is 0 Å². The first-order valence-electron chi connectivity index (χ1n) is 16.8. The first kappa shape index (κ1) is 39.7. The molecule has 0 spiro atoms. The summed E-state index contributed by atoms with van der Waals surface area (Å²) in [6.45, 7) is 12.6. The van der Waals surface area contributed by atoms with Crippen molar-refractivity contribution in [2.75, 3.05) is 7.11 Å². The van der Waals surface area contributed by atoms with Gasteiger partial charge in [0, 0.05) is 61.8 Å². The summed E-state index contributed by atoms with van der Waals surface area (Å²) in [7, 11) is 1.41. The highest BCUT2D eigenvalue weighted by Crippen LogP contribution is 2.48. The number of phenols is 1. The van der Waals surface area contributed by atoms with Gasteiger partial charge in [-0.25, -0.2) is 0 Å². The van der Waals surface area contributed by atoms with Crippen LogP contribution in [0.3, 0.4) is 0 Å². The molecule has 5 rings (SSSR count). The minimum Gasteiger partial charge on any atom is -0.507 e. The fraction of sp³-hybridized carbons (Fsp3) is 0.474. The van der Waals surface area contributed by atoms with Crippen LogP contribution in [0.4, 0.5) is 0 Å². The molecule has 1 aromatic rings. The maximum atomic E-state index is 13.9. The molecule has 14 nitrogen and oxygen atoms in total. The second kappa shape index (κ2) is 15.7. The number of nitrogens with one attached hydrogen (secondary N) is 1. The summed E-state index contributed by atoms with van der Waals surface area (Å²) in [5, 5.41) is 25.1. The van der Waals surface area contributed by atoms with Crippen LogP contribution < -0.4 is 10.1 Å². The number of hydrogen-bond donors (Lipinski definition) is 3. The van der Waals surface area contributed by atoms with Gasteiger partial charge < -0.3 is 39.2 Å². The normalized spacial score (nSPS) is 31.2. The predicted octanol–water partition coefficient (Wildman–Crippen LogP) is 3.81. The molecule has 0 radical (unpaired) electrons.